The van der Waals surface area contributed by atoms with Gasteiger partial charge in [-0.05, 0) is 12.1 Å². The van der Waals surface area contributed by atoms with E-state index in [1.807, 2.05) is 0 Å². The van der Waals surface area contributed by atoms with Crippen LogP contribution in [0.2, 0.25) is 0 Å². The van der Waals surface area contributed by atoms with Crippen molar-refractivity contribution < 1.29 is 27.1 Å². The largest absolute Gasteiger partial charge is 0.411 e. The zero-order valence-corrected chi connectivity index (χ0v) is 10.8. The van der Waals surface area contributed by atoms with E-state index in [4.69, 9.17) is 5.73 Å². The molecule has 0 aliphatic rings. The number of benzene rings is 1. The van der Waals surface area contributed by atoms with E-state index in [-0.39, 0.29) is 16.2 Å². The topological polar surface area (TPSA) is 64.3 Å². The molecule has 0 fully saturated rings. The van der Waals surface area contributed by atoms with E-state index in [1.54, 1.807) is 0 Å². The van der Waals surface area contributed by atoms with Crippen LogP contribution >= 0.6 is 12.2 Å². The van der Waals surface area contributed by atoms with Gasteiger partial charge < -0.3 is 15.8 Å². The molecule has 9 heteroatoms. The Labute approximate surface area is 116 Å². The van der Waals surface area contributed by atoms with Gasteiger partial charge in [0.05, 0.1) is 11.3 Å². The number of halogens is 4. The molecule has 1 amide bonds. The maximum absolute atomic E-state index is 13.5. The molecule has 0 atom stereocenters. The van der Waals surface area contributed by atoms with Crippen molar-refractivity contribution in [1.82, 2.24) is 0 Å². The van der Waals surface area contributed by atoms with Crippen molar-refractivity contribution in [2.24, 2.45) is 5.73 Å². The first kappa shape index (κ1) is 16.3. The van der Waals surface area contributed by atoms with Gasteiger partial charge in [-0.2, -0.15) is 13.2 Å². The van der Waals surface area contributed by atoms with Crippen molar-refractivity contribution in [3.63, 3.8) is 0 Å². The molecular formula is C11H10F4N2O2S. The van der Waals surface area contributed by atoms with Crippen LogP contribution in [0.1, 0.15) is 5.56 Å². The molecule has 0 spiro atoms. The lowest BCUT2D eigenvalue weighted by molar-refractivity contribution is -0.174. The second-order valence-electron chi connectivity index (χ2n) is 3.68. The number of carbonyl (C=O) groups is 1. The van der Waals surface area contributed by atoms with Crippen LogP contribution in [-0.2, 0) is 9.53 Å². The Kier molecular flexibility index (Phi) is 5.40. The van der Waals surface area contributed by atoms with Gasteiger partial charge in [0.2, 0.25) is 5.91 Å². The van der Waals surface area contributed by atoms with Gasteiger partial charge >= 0.3 is 6.18 Å². The quantitative estimate of drug-likeness (QED) is 0.645. The lowest BCUT2D eigenvalue weighted by Gasteiger charge is -2.11. The molecule has 0 aliphatic heterocycles. The van der Waals surface area contributed by atoms with Gasteiger partial charge in [0.15, 0.2) is 0 Å². The van der Waals surface area contributed by atoms with E-state index < -0.39 is 31.1 Å². The molecule has 0 saturated carbocycles. The van der Waals surface area contributed by atoms with E-state index in [1.165, 1.54) is 12.1 Å². The van der Waals surface area contributed by atoms with Crippen LogP contribution in [0.3, 0.4) is 0 Å². The number of ether oxygens (including phenoxy) is 1. The SMILES string of the molecule is NC(=S)c1c(F)cccc1NC(=O)COCC(F)(F)F. The molecule has 1 aromatic carbocycles. The number of rotatable bonds is 5. The average Bonchev–Trinajstić information content (AvgIpc) is 2.26. The van der Waals surface area contributed by atoms with Crippen molar-refractivity contribution in [2.45, 2.75) is 6.18 Å². The Bertz CT molecular complexity index is 520. The van der Waals surface area contributed by atoms with Crippen LogP contribution < -0.4 is 11.1 Å². The van der Waals surface area contributed by atoms with E-state index >= 15 is 0 Å². The summed E-state index contributed by atoms with van der Waals surface area (Å²) in [5.74, 6) is -1.62. The summed E-state index contributed by atoms with van der Waals surface area (Å²) < 4.78 is 53.1. The Morgan fingerprint density at radius 3 is 2.60 bits per heavy atom. The summed E-state index contributed by atoms with van der Waals surface area (Å²) in [6.07, 6.45) is -4.52. The molecule has 0 heterocycles. The number of nitrogens with two attached hydrogens (primary N) is 1. The smallest absolute Gasteiger partial charge is 0.389 e. The molecule has 0 aromatic heterocycles. The highest BCUT2D eigenvalue weighted by molar-refractivity contribution is 7.80. The average molecular weight is 310 g/mol. The summed E-state index contributed by atoms with van der Waals surface area (Å²) in [5, 5.41) is 2.18. The molecule has 110 valence electrons. The number of thiocarbonyl (C=S) groups is 1. The number of alkyl halides is 3. The number of carbonyl (C=O) groups excluding carboxylic acids is 1. The van der Waals surface area contributed by atoms with Gasteiger partial charge in [-0.15, -0.1) is 0 Å². The molecule has 3 N–H and O–H groups in total. The Morgan fingerprint density at radius 2 is 2.05 bits per heavy atom. The van der Waals surface area contributed by atoms with Gasteiger partial charge in [0, 0.05) is 0 Å². The van der Waals surface area contributed by atoms with E-state index in [0.29, 0.717) is 0 Å². The summed E-state index contributed by atoms with van der Waals surface area (Å²) in [6.45, 7) is -2.38. The Hall–Kier alpha value is -1.74. The predicted molar refractivity (Wildman–Crippen MR) is 67.8 cm³/mol. The number of amides is 1. The van der Waals surface area contributed by atoms with Crippen molar-refractivity contribution in [3.05, 3.63) is 29.6 Å². The van der Waals surface area contributed by atoms with Crippen molar-refractivity contribution >= 4 is 28.8 Å². The fraction of sp³-hybridized carbons (Fsp3) is 0.273. The van der Waals surface area contributed by atoms with Gasteiger partial charge in [-0.25, -0.2) is 4.39 Å². The fourth-order valence-electron chi connectivity index (χ4n) is 1.32. The monoisotopic (exact) mass is 310 g/mol. The minimum absolute atomic E-state index is 0.0295. The number of anilines is 1. The van der Waals surface area contributed by atoms with Crippen LogP contribution in [0, 0.1) is 5.82 Å². The van der Waals surface area contributed by atoms with E-state index in [2.05, 4.69) is 22.3 Å². The van der Waals surface area contributed by atoms with E-state index in [9.17, 15) is 22.4 Å². The Balaban J connectivity index is 2.67. The number of nitrogens with one attached hydrogen (secondary N) is 1. The van der Waals surface area contributed by atoms with Gasteiger partial charge in [0.25, 0.3) is 0 Å². The van der Waals surface area contributed by atoms with Crippen LogP contribution in [0.15, 0.2) is 18.2 Å². The maximum atomic E-state index is 13.5. The summed E-state index contributed by atoms with van der Waals surface area (Å²) in [5.41, 5.74) is 5.09. The van der Waals surface area contributed by atoms with Crippen molar-refractivity contribution in [1.29, 1.82) is 0 Å². The van der Waals surface area contributed by atoms with Crippen LogP contribution in [0.25, 0.3) is 0 Å². The molecular weight excluding hydrogens is 300 g/mol. The third-order valence-corrected chi connectivity index (χ3v) is 2.24. The molecule has 0 aliphatic carbocycles. The molecule has 20 heavy (non-hydrogen) atoms. The third kappa shape index (κ3) is 5.10. The lowest BCUT2D eigenvalue weighted by atomic mass is 10.1. The maximum Gasteiger partial charge on any atom is 0.411 e. The molecule has 1 rings (SSSR count). The summed E-state index contributed by atoms with van der Waals surface area (Å²) in [4.78, 5) is 11.1. The first-order valence-corrected chi connectivity index (χ1v) is 5.64. The van der Waals surface area contributed by atoms with Gasteiger partial charge in [-0.3, -0.25) is 4.79 Å². The van der Waals surface area contributed by atoms with E-state index in [0.717, 1.165) is 6.07 Å². The molecule has 4 nitrogen and oxygen atoms in total. The first-order valence-electron chi connectivity index (χ1n) is 5.23. The predicted octanol–water partition coefficient (Wildman–Crippen LogP) is 1.98. The molecule has 0 unspecified atom stereocenters. The normalized spacial score (nSPS) is 11.2. The summed E-state index contributed by atoms with van der Waals surface area (Å²) in [7, 11) is 0. The first-order chi connectivity index (χ1) is 9.20. The number of hydrogen-bond donors (Lipinski definition) is 2. The molecule has 0 saturated heterocycles. The minimum Gasteiger partial charge on any atom is -0.389 e. The van der Waals surface area contributed by atoms with Crippen LogP contribution in [0.5, 0.6) is 0 Å². The Morgan fingerprint density at radius 1 is 1.40 bits per heavy atom. The van der Waals surface area contributed by atoms with Crippen molar-refractivity contribution in [3.8, 4) is 0 Å². The highest BCUT2D eigenvalue weighted by atomic mass is 32.1. The fourth-order valence-corrected chi connectivity index (χ4v) is 1.53. The molecule has 0 radical (unpaired) electrons. The standard InChI is InChI=1S/C11H10F4N2O2S/c12-6-2-1-3-7(9(6)10(16)20)17-8(18)4-19-5-11(13,14)15/h1-3H,4-5H2,(H2,16,20)(H,17,18). The second-order valence-corrected chi connectivity index (χ2v) is 4.12. The number of hydrogen-bond acceptors (Lipinski definition) is 3. The van der Waals surface area contributed by atoms with Crippen molar-refractivity contribution in [2.75, 3.05) is 18.5 Å². The molecule has 1 aromatic rings. The zero-order chi connectivity index (χ0) is 15.3. The van der Waals surface area contributed by atoms with Gasteiger partial charge in [-0.1, -0.05) is 18.3 Å². The highest BCUT2D eigenvalue weighted by Crippen LogP contribution is 2.19. The molecule has 0 bridgehead atoms. The summed E-state index contributed by atoms with van der Waals surface area (Å²) in [6, 6.07) is 3.70. The second kappa shape index (κ2) is 6.62. The lowest BCUT2D eigenvalue weighted by Crippen LogP contribution is -2.25. The highest BCUT2D eigenvalue weighted by Gasteiger charge is 2.27. The summed E-state index contributed by atoms with van der Waals surface area (Å²) >= 11 is 4.63. The third-order valence-electron chi connectivity index (χ3n) is 2.03. The minimum atomic E-state index is -4.52. The van der Waals surface area contributed by atoms with Crippen LogP contribution in [-0.4, -0.2) is 30.3 Å². The van der Waals surface area contributed by atoms with Crippen LogP contribution in [0.4, 0.5) is 23.2 Å². The van der Waals surface area contributed by atoms with Gasteiger partial charge in [0.1, 0.15) is 24.0 Å². The zero-order valence-electron chi connectivity index (χ0n) is 9.96.